The minimum Gasteiger partial charge on any atom is -0.285 e. The van der Waals surface area contributed by atoms with Crippen LogP contribution in [0.4, 0.5) is 5.69 Å². The van der Waals surface area contributed by atoms with Crippen LogP contribution >= 0.6 is 0 Å². The quantitative estimate of drug-likeness (QED) is 0.475. The van der Waals surface area contributed by atoms with E-state index in [0.717, 1.165) is 6.08 Å². The first-order valence-corrected chi connectivity index (χ1v) is 6.06. The van der Waals surface area contributed by atoms with E-state index in [9.17, 15) is 29.8 Å². The van der Waals surface area contributed by atoms with Crippen molar-refractivity contribution in [2.75, 3.05) is 0 Å². The summed E-state index contributed by atoms with van der Waals surface area (Å²) in [6, 6.07) is 6.92. The van der Waals surface area contributed by atoms with Crippen LogP contribution in [0.2, 0.25) is 0 Å². The molecule has 0 amide bonds. The molecule has 108 valence electrons. The van der Waals surface area contributed by atoms with Crippen molar-refractivity contribution < 1.29 is 19.4 Å². The monoisotopic (exact) mass is 298 g/mol. The van der Waals surface area contributed by atoms with Gasteiger partial charge in [0.1, 0.15) is 0 Å². The van der Waals surface area contributed by atoms with Gasteiger partial charge in [-0.2, -0.15) is 0 Å². The number of carbonyl (C=O) groups excluding carboxylic acids is 2. The van der Waals surface area contributed by atoms with Crippen molar-refractivity contribution in [3.63, 3.8) is 0 Å². The number of carbonyl (C=O) groups is 2. The highest BCUT2D eigenvalue weighted by Gasteiger charge is 2.36. The third-order valence-corrected chi connectivity index (χ3v) is 3.42. The fourth-order valence-electron chi connectivity index (χ4n) is 2.37. The molecule has 0 heterocycles. The van der Waals surface area contributed by atoms with Crippen molar-refractivity contribution in [2.45, 2.75) is 0 Å². The van der Waals surface area contributed by atoms with Crippen molar-refractivity contribution in [3.8, 4) is 0 Å². The van der Waals surface area contributed by atoms with E-state index in [1.165, 1.54) is 30.3 Å². The second-order valence-corrected chi connectivity index (χ2v) is 4.63. The Hall–Kier alpha value is -3.42. The molecule has 3 rings (SSSR count). The predicted octanol–water partition coefficient (Wildman–Crippen LogP) is 2.13. The molecule has 0 atom stereocenters. The molecule has 1 aliphatic rings. The van der Waals surface area contributed by atoms with E-state index in [1.54, 1.807) is 0 Å². The van der Waals surface area contributed by atoms with Gasteiger partial charge >= 0.3 is 11.5 Å². The van der Waals surface area contributed by atoms with Gasteiger partial charge in [0.25, 0.3) is 5.69 Å². The van der Waals surface area contributed by atoms with Gasteiger partial charge in [-0.15, -0.1) is 0 Å². The van der Waals surface area contributed by atoms with E-state index >= 15 is 0 Å². The van der Waals surface area contributed by atoms with Gasteiger partial charge in [-0.1, -0.05) is 6.07 Å². The molecule has 0 aromatic heterocycles. The van der Waals surface area contributed by atoms with Crippen molar-refractivity contribution in [3.05, 3.63) is 67.4 Å². The minimum absolute atomic E-state index is 0.00333. The lowest BCUT2D eigenvalue weighted by molar-refractivity contribution is -0.416. The van der Waals surface area contributed by atoms with Crippen LogP contribution in [-0.2, 0) is 4.79 Å². The van der Waals surface area contributed by atoms with Crippen LogP contribution in [0.3, 0.4) is 0 Å². The number of fused-ring (bicyclic) bond motifs is 3. The van der Waals surface area contributed by atoms with Crippen LogP contribution in [0.25, 0.3) is 16.8 Å². The molecular formula is C14H6N2O6. The summed E-state index contributed by atoms with van der Waals surface area (Å²) in [5, 5.41) is 22.6. The first kappa shape index (κ1) is 13.6. The number of ketones is 2. The molecule has 1 aliphatic carbocycles. The van der Waals surface area contributed by atoms with Crippen molar-refractivity contribution in [2.24, 2.45) is 0 Å². The molecule has 0 unspecified atom stereocenters. The summed E-state index contributed by atoms with van der Waals surface area (Å²) >= 11 is 0. The normalized spacial score (nSPS) is 13.7. The smallest absolute Gasteiger partial charge is 0.285 e. The van der Waals surface area contributed by atoms with Crippen LogP contribution in [-0.4, -0.2) is 21.4 Å². The van der Waals surface area contributed by atoms with Crippen LogP contribution in [0.15, 0.2) is 36.0 Å². The Bertz CT molecular complexity index is 928. The molecule has 2 aromatic carbocycles. The molecule has 0 saturated heterocycles. The first-order chi connectivity index (χ1) is 10.4. The van der Waals surface area contributed by atoms with E-state index in [1.807, 2.05) is 0 Å². The number of Topliss-reactive ketones (excluding diaryl/α,β-unsaturated/α-hetero) is 2. The molecule has 0 N–H and O–H groups in total. The fraction of sp³-hybridized carbons (Fsp3) is 0. The average molecular weight is 298 g/mol. The second-order valence-electron chi connectivity index (χ2n) is 4.63. The molecule has 22 heavy (non-hydrogen) atoms. The van der Waals surface area contributed by atoms with E-state index in [-0.39, 0.29) is 16.8 Å². The Labute approximate surface area is 122 Å². The molecule has 0 radical (unpaired) electrons. The summed E-state index contributed by atoms with van der Waals surface area (Å²) in [7, 11) is 0. The number of hydrogen-bond acceptors (Lipinski definition) is 6. The molecule has 0 saturated carbocycles. The fourth-order valence-corrected chi connectivity index (χ4v) is 2.37. The molecule has 0 spiro atoms. The van der Waals surface area contributed by atoms with Crippen molar-refractivity contribution >= 4 is 34.1 Å². The molecule has 0 fully saturated rings. The topological polar surface area (TPSA) is 120 Å². The van der Waals surface area contributed by atoms with E-state index < -0.39 is 27.1 Å². The lowest BCUT2D eigenvalue weighted by Gasteiger charge is -2.12. The Morgan fingerprint density at radius 2 is 1.55 bits per heavy atom. The second kappa shape index (κ2) is 4.55. The SMILES string of the molecule is O=C1C(=O)c2ccc3ccc([N+](=O)[O-])cc3c2C=C1[N+](=O)[O-]. The number of allylic oxidation sites excluding steroid dienone is 1. The lowest BCUT2D eigenvalue weighted by atomic mass is 9.89. The number of benzene rings is 2. The van der Waals surface area contributed by atoms with Gasteiger partial charge in [0.05, 0.1) is 9.85 Å². The summed E-state index contributed by atoms with van der Waals surface area (Å²) in [5.74, 6) is -2.18. The number of nitro benzene ring substituents is 1. The maximum absolute atomic E-state index is 12.0. The van der Waals surface area contributed by atoms with Crippen LogP contribution < -0.4 is 0 Å². The molecule has 0 bridgehead atoms. The number of nitrogens with zero attached hydrogens (tertiary/aromatic N) is 2. The zero-order chi connectivity index (χ0) is 16.0. The van der Waals surface area contributed by atoms with Gasteiger partial charge in [0.2, 0.25) is 5.78 Å². The van der Waals surface area contributed by atoms with Gasteiger partial charge in [0.15, 0.2) is 0 Å². The maximum Gasteiger partial charge on any atom is 0.321 e. The van der Waals surface area contributed by atoms with Gasteiger partial charge in [0, 0.05) is 29.3 Å². The zero-order valence-corrected chi connectivity index (χ0v) is 10.8. The van der Waals surface area contributed by atoms with Gasteiger partial charge in [-0.05, 0) is 22.9 Å². The van der Waals surface area contributed by atoms with Crippen LogP contribution in [0, 0.1) is 20.2 Å². The molecule has 0 aliphatic heterocycles. The Kier molecular flexibility index (Phi) is 2.81. The summed E-state index contributed by atoms with van der Waals surface area (Å²) in [6.07, 6.45) is 0.991. The Morgan fingerprint density at radius 1 is 0.864 bits per heavy atom. The number of nitro groups is 2. The molecule has 8 nitrogen and oxygen atoms in total. The van der Waals surface area contributed by atoms with Gasteiger partial charge in [-0.25, -0.2) is 0 Å². The lowest BCUT2D eigenvalue weighted by Crippen LogP contribution is -2.25. The highest BCUT2D eigenvalue weighted by molar-refractivity contribution is 6.51. The van der Waals surface area contributed by atoms with E-state index in [0.29, 0.717) is 10.8 Å². The summed E-state index contributed by atoms with van der Waals surface area (Å²) in [5.41, 5.74) is -0.890. The number of rotatable bonds is 2. The number of non-ortho nitro benzene ring substituents is 1. The van der Waals surface area contributed by atoms with Crippen LogP contribution in [0.1, 0.15) is 15.9 Å². The summed E-state index contributed by atoms with van der Waals surface area (Å²) < 4.78 is 0. The number of hydrogen-bond donors (Lipinski definition) is 0. The minimum atomic E-state index is -1.19. The standard InChI is InChI=1S/C14H6N2O6/c17-13-9-4-2-7-1-3-8(15(19)20)5-10(7)11(9)6-12(14(13)18)16(21)22/h1-6H. The Morgan fingerprint density at radius 3 is 2.18 bits per heavy atom. The van der Waals surface area contributed by atoms with Crippen LogP contribution in [0.5, 0.6) is 0 Å². The first-order valence-electron chi connectivity index (χ1n) is 6.06. The van der Waals surface area contributed by atoms with Crippen molar-refractivity contribution in [1.82, 2.24) is 0 Å². The van der Waals surface area contributed by atoms with Gasteiger partial charge < -0.3 is 0 Å². The zero-order valence-electron chi connectivity index (χ0n) is 10.8. The van der Waals surface area contributed by atoms with Crippen molar-refractivity contribution in [1.29, 1.82) is 0 Å². The highest BCUT2D eigenvalue weighted by Crippen LogP contribution is 2.31. The van der Waals surface area contributed by atoms with E-state index in [2.05, 4.69) is 0 Å². The maximum atomic E-state index is 12.0. The summed E-state index contributed by atoms with van der Waals surface area (Å²) in [4.78, 5) is 43.9. The molecular weight excluding hydrogens is 292 g/mol. The third kappa shape index (κ3) is 1.85. The molecule has 8 heteroatoms. The molecule has 2 aromatic rings. The highest BCUT2D eigenvalue weighted by atomic mass is 16.6. The summed E-state index contributed by atoms with van der Waals surface area (Å²) in [6.45, 7) is 0. The van der Waals surface area contributed by atoms with E-state index in [4.69, 9.17) is 0 Å². The Balaban J connectivity index is 2.40. The average Bonchev–Trinajstić information content (AvgIpc) is 2.49. The van der Waals surface area contributed by atoms with Gasteiger partial charge in [-0.3, -0.25) is 29.8 Å². The predicted molar refractivity (Wildman–Crippen MR) is 74.9 cm³/mol. The largest absolute Gasteiger partial charge is 0.321 e. The third-order valence-electron chi connectivity index (χ3n) is 3.42.